The zero-order valence-electron chi connectivity index (χ0n) is 9.25. The maximum Gasteiger partial charge on any atom is 0.309 e. The van der Waals surface area contributed by atoms with E-state index in [0.717, 1.165) is 0 Å². The third-order valence-corrected chi connectivity index (χ3v) is 2.93. The summed E-state index contributed by atoms with van der Waals surface area (Å²) >= 11 is 0. The van der Waals surface area contributed by atoms with Gasteiger partial charge in [0.05, 0.1) is 38.3 Å². The monoisotopic (exact) mass is 232 g/mol. The maximum absolute atomic E-state index is 11.4. The summed E-state index contributed by atoms with van der Waals surface area (Å²) in [5.74, 6) is -2.64. The molecule has 1 aliphatic rings. The summed E-state index contributed by atoms with van der Waals surface area (Å²) in [7, 11) is 2.43. The summed E-state index contributed by atoms with van der Waals surface area (Å²) in [6.07, 6.45) is -2.00. The van der Waals surface area contributed by atoms with Gasteiger partial charge in [0.15, 0.2) is 0 Å². The Balaban J connectivity index is 2.83. The summed E-state index contributed by atoms with van der Waals surface area (Å²) < 4.78 is 9.12. The van der Waals surface area contributed by atoms with Crippen molar-refractivity contribution in [1.29, 1.82) is 0 Å². The van der Waals surface area contributed by atoms with E-state index in [1.165, 1.54) is 14.2 Å². The lowest BCUT2D eigenvalue weighted by Gasteiger charge is -2.33. The number of carbonyl (C=O) groups excluding carboxylic acids is 2. The molecule has 1 aliphatic carbocycles. The summed E-state index contributed by atoms with van der Waals surface area (Å²) in [6.45, 7) is 0. The van der Waals surface area contributed by atoms with Crippen molar-refractivity contribution >= 4 is 11.9 Å². The van der Waals surface area contributed by atoms with Crippen LogP contribution >= 0.6 is 0 Å². The maximum atomic E-state index is 11.4. The number of esters is 2. The molecule has 1 rings (SSSR count). The number of methoxy groups -OCH3 is 2. The number of ether oxygens (including phenoxy) is 2. The van der Waals surface area contributed by atoms with Gasteiger partial charge >= 0.3 is 11.9 Å². The second-order valence-corrected chi connectivity index (χ2v) is 3.87. The lowest BCUT2D eigenvalue weighted by atomic mass is 9.76. The summed E-state index contributed by atoms with van der Waals surface area (Å²) in [6, 6.07) is 0. The van der Waals surface area contributed by atoms with Crippen LogP contribution in [0, 0.1) is 11.8 Å². The van der Waals surface area contributed by atoms with Gasteiger partial charge in [-0.25, -0.2) is 0 Å². The van der Waals surface area contributed by atoms with Crippen LogP contribution in [0.4, 0.5) is 0 Å². The van der Waals surface area contributed by atoms with Crippen molar-refractivity contribution < 1.29 is 29.3 Å². The molecule has 0 radical (unpaired) electrons. The minimum atomic E-state index is -1.01. The smallest absolute Gasteiger partial charge is 0.309 e. The quantitative estimate of drug-likeness (QED) is 0.598. The molecule has 1 fully saturated rings. The van der Waals surface area contributed by atoms with E-state index >= 15 is 0 Å². The van der Waals surface area contributed by atoms with Crippen molar-refractivity contribution in [3.05, 3.63) is 0 Å². The highest BCUT2D eigenvalue weighted by Gasteiger charge is 2.44. The van der Waals surface area contributed by atoms with Gasteiger partial charge in [0, 0.05) is 0 Å². The first kappa shape index (κ1) is 12.9. The van der Waals surface area contributed by atoms with Crippen molar-refractivity contribution in [2.75, 3.05) is 14.2 Å². The Labute approximate surface area is 93.2 Å². The largest absolute Gasteiger partial charge is 0.469 e. The van der Waals surface area contributed by atoms with E-state index in [9.17, 15) is 19.8 Å². The van der Waals surface area contributed by atoms with Crippen LogP contribution in [0.3, 0.4) is 0 Å². The zero-order valence-corrected chi connectivity index (χ0v) is 9.25. The third kappa shape index (κ3) is 2.51. The molecule has 0 aromatic rings. The van der Waals surface area contributed by atoms with Gasteiger partial charge in [-0.15, -0.1) is 0 Å². The lowest BCUT2D eigenvalue weighted by molar-refractivity contribution is -0.166. The SMILES string of the molecule is COC(=O)[C@H]1C[C@@H](O)[C@@H](O)C[C@@H]1C(=O)OC. The summed E-state index contributed by atoms with van der Waals surface area (Å²) in [4.78, 5) is 22.9. The van der Waals surface area contributed by atoms with Gasteiger partial charge in [-0.05, 0) is 12.8 Å². The van der Waals surface area contributed by atoms with E-state index in [1.807, 2.05) is 0 Å². The fraction of sp³-hybridized carbons (Fsp3) is 0.800. The van der Waals surface area contributed by atoms with Gasteiger partial charge in [-0.2, -0.15) is 0 Å². The van der Waals surface area contributed by atoms with E-state index in [2.05, 4.69) is 9.47 Å². The molecule has 0 aromatic heterocycles. The van der Waals surface area contributed by atoms with Crippen LogP contribution in [-0.2, 0) is 19.1 Å². The molecule has 6 nitrogen and oxygen atoms in total. The number of aliphatic hydroxyl groups is 2. The van der Waals surface area contributed by atoms with Gasteiger partial charge in [-0.1, -0.05) is 0 Å². The van der Waals surface area contributed by atoms with Crippen molar-refractivity contribution in [3.8, 4) is 0 Å². The molecule has 0 heterocycles. The van der Waals surface area contributed by atoms with E-state index < -0.39 is 36.0 Å². The Morgan fingerprint density at radius 1 is 0.938 bits per heavy atom. The average molecular weight is 232 g/mol. The van der Waals surface area contributed by atoms with Crippen LogP contribution in [0.5, 0.6) is 0 Å². The summed E-state index contributed by atoms with van der Waals surface area (Å²) in [5, 5.41) is 18.9. The molecule has 92 valence electrons. The molecule has 2 N–H and O–H groups in total. The molecule has 6 heteroatoms. The lowest BCUT2D eigenvalue weighted by Crippen LogP contribution is -2.45. The Morgan fingerprint density at radius 2 is 1.25 bits per heavy atom. The number of rotatable bonds is 2. The van der Waals surface area contributed by atoms with Gasteiger partial charge in [0.2, 0.25) is 0 Å². The zero-order chi connectivity index (χ0) is 12.3. The van der Waals surface area contributed by atoms with Gasteiger partial charge in [-0.3, -0.25) is 9.59 Å². The van der Waals surface area contributed by atoms with E-state index in [4.69, 9.17) is 0 Å². The first-order valence-electron chi connectivity index (χ1n) is 5.03. The van der Waals surface area contributed by atoms with Crippen molar-refractivity contribution in [3.63, 3.8) is 0 Å². The second kappa shape index (κ2) is 5.27. The number of hydrogen-bond donors (Lipinski definition) is 2. The molecule has 0 saturated heterocycles. The molecule has 1 saturated carbocycles. The minimum Gasteiger partial charge on any atom is -0.469 e. The highest BCUT2D eigenvalue weighted by Crippen LogP contribution is 2.32. The molecule has 0 unspecified atom stereocenters. The van der Waals surface area contributed by atoms with Gasteiger partial charge < -0.3 is 19.7 Å². The topological polar surface area (TPSA) is 93.1 Å². The third-order valence-electron chi connectivity index (χ3n) is 2.93. The normalized spacial score (nSPS) is 34.2. The van der Waals surface area contributed by atoms with Crippen LogP contribution in [0.2, 0.25) is 0 Å². The van der Waals surface area contributed by atoms with Crippen molar-refractivity contribution in [2.45, 2.75) is 25.0 Å². The minimum absolute atomic E-state index is 0.00755. The van der Waals surface area contributed by atoms with Crippen molar-refractivity contribution in [1.82, 2.24) is 0 Å². The number of hydrogen-bond acceptors (Lipinski definition) is 6. The van der Waals surface area contributed by atoms with Crippen LogP contribution in [0.1, 0.15) is 12.8 Å². The Kier molecular flexibility index (Phi) is 4.26. The van der Waals surface area contributed by atoms with Gasteiger partial charge in [0.25, 0.3) is 0 Å². The molecule has 0 amide bonds. The van der Waals surface area contributed by atoms with E-state index in [1.54, 1.807) is 0 Å². The molecule has 0 aliphatic heterocycles. The first-order chi connectivity index (χ1) is 7.51. The fourth-order valence-corrected chi connectivity index (χ4v) is 1.99. The molecule has 16 heavy (non-hydrogen) atoms. The standard InChI is InChI=1S/C10H16O6/c1-15-9(13)5-3-7(11)8(12)4-6(5)10(14)16-2/h5-8,11-12H,3-4H2,1-2H3/t5-,6-,7-,8+/m0/s1. The number of carbonyl (C=O) groups is 2. The molecule has 0 bridgehead atoms. The predicted octanol–water partition coefficient (Wildman–Crippen LogP) is -0.920. The second-order valence-electron chi connectivity index (χ2n) is 3.87. The molecule has 0 spiro atoms. The molecular formula is C10H16O6. The molecular weight excluding hydrogens is 216 g/mol. The van der Waals surface area contributed by atoms with Crippen LogP contribution in [0.25, 0.3) is 0 Å². The Hall–Kier alpha value is -1.14. The van der Waals surface area contributed by atoms with Gasteiger partial charge in [0.1, 0.15) is 0 Å². The molecule has 0 aromatic carbocycles. The van der Waals surface area contributed by atoms with E-state index in [-0.39, 0.29) is 12.8 Å². The summed E-state index contributed by atoms with van der Waals surface area (Å²) in [5.41, 5.74) is 0. The first-order valence-corrected chi connectivity index (χ1v) is 5.03. The van der Waals surface area contributed by atoms with Crippen molar-refractivity contribution in [2.24, 2.45) is 11.8 Å². The average Bonchev–Trinajstić information content (AvgIpc) is 2.30. The van der Waals surface area contributed by atoms with Crippen LogP contribution in [-0.4, -0.2) is 48.6 Å². The van der Waals surface area contributed by atoms with Crippen LogP contribution < -0.4 is 0 Å². The number of aliphatic hydroxyl groups excluding tert-OH is 2. The highest BCUT2D eigenvalue weighted by molar-refractivity contribution is 5.82. The highest BCUT2D eigenvalue weighted by atomic mass is 16.5. The Morgan fingerprint density at radius 3 is 1.50 bits per heavy atom. The van der Waals surface area contributed by atoms with E-state index in [0.29, 0.717) is 0 Å². The predicted molar refractivity (Wildman–Crippen MR) is 52.3 cm³/mol. The Bertz CT molecular complexity index is 248. The van der Waals surface area contributed by atoms with Crippen LogP contribution in [0.15, 0.2) is 0 Å². The fourth-order valence-electron chi connectivity index (χ4n) is 1.99. The molecule has 4 atom stereocenters.